The first-order valence-electron chi connectivity index (χ1n) is 6.79. The summed E-state index contributed by atoms with van der Waals surface area (Å²) in [7, 11) is 0. The van der Waals surface area contributed by atoms with Crippen LogP contribution in [0, 0.1) is 13.8 Å². The number of hydrogen-bond acceptors (Lipinski definition) is 1. The fourth-order valence-corrected chi connectivity index (χ4v) is 2.52. The Morgan fingerprint density at radius 2 is 1.56 bits per heavy atom. The summed E-state index contributed by atoms with van der Waals surface area (Å²) in [4.78, 5) is 14.1. The van der Waals surface area contributed by atoms with Gasteiger partial charge in [0.1, 0.15) is 0 Å². The van der Waals surface area contributed by atoms with Crippen LogP contribution in [0.4, 0.5) is 10.5 Å². The first-order valence-corrected chi connectivity index (χ1v) is 6.79. The van der Waals surface area contributed by atoms with Gasteiger partial charge in [-0.3, -0.25) is 0 Å². The zero-order chi connectivity index (χ0) is 13.0. The maximum Gasteiger partial charge on any atom is 0.321 e. The predicted molar refractivity (Wildman–Crippen MR) is 75.0 cm³/mol. The third kappa shape index (κ3) is 3.49. The van der Waals surface area contributed by atoms with Gasteiger partial charge in [0.05, 0.1) is 0 Å². The Hall–Kier alpha value is -1.51. The van der Waals surface area contributed by atoms with Crippen LogP contribution in [0.25, 0.3) is 0 Å². The zero-order valence-electron chi connectivity index (χ0n) is 11.3. The number of likely N-dealkylation sites (tertiary alicyclic amines) is 1. The van der Waals surface area contributed by atoms with Gasteiger partial charge in [-0.2, -0.15) is 0 Å². The number of aryl methyl sites for hydroxylation is 2. The molecule has 1 aliphatic rings. The van der Waals surface area contributed by atoms with E-state index < -0.39 is 0 Å². The van der Waals surface area contributed by atoms with Gasteiger partial charge in [-0.05, 0) is 49.9 Å². The lowest BCUT2D eigenvalue weighted by Gasteiger charge is -2.21. The highest BCUT2D eigenvalue weighted by atomic mass is 16.2. The fraction of sp³-hybridized carbons (Fsp3) is 0.533. The largest absolute Gasteiger partial charge is 0.325 e. The van der Waals surface area contributed by atoms with E-state index in [0.29, 0.717) is 0 Å². The van der Waals surface area contributed by atoms with Crippen molar-refractivity contribution in [1.82, 2.24) is 4.90 Å². The first-order chi connectivity index (χ1) is 8.65. The molecule has 0 bridgehead atoms. The summed E-state index contributed by atoms with van der Waals surface area (Å²) < 4.78 is 0. The lowest BCUT2D eigenvalue weighted by atomic mass is 10.1. The molecule has 0 unspecified atom stereocenters. The van der Waals surface area contributed by atoms with Crippen molar-refractivity contribution in [1.29, 1.82) is 0 Å². The second-order valence-electron chi connectivity index (χ2n) is 5.21. The number of anilines is 1. The molecule has 3 nitrogen and oxygen atoms in total. The molecule has 1 aliphatic heterocycles. The van der Waals surface area contributed by atoms with Crippen molar-refractivity contribution in [3.05, 3.63) is 29.3 Å². The van der Waals surface area contributed by atoms with Crippen molar-refractivity contribution >= 4 is 11.7 Å². The molecule has 0 radical (unpaired) electrons. The molecule has 3 heteroatoms. The number of amides is 2. The number of carbonyl (C=O) groups excluding carboxylic acids is 1. The Labute approximate surface area is 109 Å². The molecule has 1 aromatic carbocycles. The number of rotatable bonds is 1. The lowest BCUT2D eigenvalue weighted by Crippen LogP contribution is -2.35. The summed E-state index contributed by atoms with van der Waals surface area (Å²) in [5.41, 5.74) is 3.27. The Bertz CT molecular complexity index is 400. The molecule has 1 saturated heterocycles. The number of nitrogens with zero attached hydrogens (tertiary/aromatic N) is 1. The van der Waals surface area contributed by atoms with Gasteiger partial charge in [0.15, 0.2) is 0 Å². The second kappa shape index (κ2) is 5.89. The molecule has 98 valence electrons. The Morgan fingerprint density at radius 1 is 1.00 bits per heavy atom. The monoisotopic (exact) mass is 246 g/mol. The van der Waals surface area contributed by atoms with E-state index in [2.05, 4.69) is 25.2 Å². The number of carbonyl (C=O) groups is 1. The molecule has 1 fully saturated rings. The van der Waals surface area contributed by atoms with Crippen LogP contribution in [0.15, 0.2) is 18.2 Å². The van der Waals surface area contributed by atoms with Crippen molar-refractivity contribution in [3.8, 4) is 0 Å². The minimum Gasteiger partial charge on any atom is -0.325 e. The fourth-order valence-electron chi connectivity index (χ4n) is 2.52. The Kier molecular flexibility index (Phi) is 4.24. The van der Waals surface area contributed by atoms with Crippen LogP contribution in [0.5, 0.6) is 0 Å². The van der Waals surface area contributed by atoms with Crippen molar-refractivity contribution in [2.45, 2.75) is 39.5 Å². The number of nitrogens with one attached hydrogen (secondary N) is 1. The van der Waals surface area contributed by atoms with Gasteiger partial charge in [0.25, 0.3) is 0 Å². The topological polar surface area (TPSA) is 32.3 Å². The number of hydrogen-bond donors (Lipinski definition) is 1. The van der Waals surface area contributed by atoms with E-state index in [1.807, 2.05) is 17.0 Å². The van der Waals surface area contributed by atoms with Crippen LogP contribution < -0.4 is 5.32 Å². The van der Waals surface area contributed by atoms with E-state index in [4.69, 9.17) is 0 Å². The summed E-state index contributed by atoms with van der Waals surface area (Å²) in [6.07, 6.45) is 4.74. The van der Waals surface area contributed by atoms with E-state index >= 15 is 0 Å². The standard InChI is InChI=1S/C15H22N2O/c1-12-9-13(2)11-14(10-12)16-15(18)17-7-5-3-4-6-8-17/h9-11H,3-8H2,1-2H3,(H,16,18). The smallest absolute Gasteiger partial charge is 0.321 e. The molecule has 1 heterocycles. The van der Waals surface area contributed by atoms with Crippen molar-refractivity contribution in [2.75, 3.05) is 18.4 Å². The van der Waals surface area contributed by atoms with Crippen LogP contribution >= 0.6 is 0 Å². The number of urea groups is 1. The third-order valence-electron chi connectivity index (χ3n) is 3.37. The summed E-state index contributed by atoms with van der Waals surface area (Å²) in [6, 6.07) is 6.19. The van der Waals surface area contributed by atoms with Gasteiger partial charge in [0, 0.05) is 18.8 Å². The van der Waals surface area contributed by atoms with Crippen molar-refractivity contribution in [3.63, 3.8) is 0 Å². The van der Waals surface area contributed by atoms with Crippen LogP contribution in [0.1, 0.15) is 36.8 Å². The highest BCUT2D eigenvalue weighted by Crippen LogP contribution is 2.16. The second-order valence-corrected chi connectivity index (χ2v) is 5.21. The summed E-state index contributed by atoms with van der Waals surface area (Å²) >= 11 is 0. The number of benzene rings is 1. The lowest BCUT2D eigenvalue weighted by molar-refractivity contribution is 0.214. The molecular formula is C15H22N2O. The first kappa shape index (κ1) is 12.9. The van der Waals surface area contributed by atoms with E-state index in [1.54, 1.807) is 0 Å². The maximum absolute atomic E-state index is 12.2. The van der Waals surface area contributed by atoms with Gasteiger partial charge in [-0.25, -0.2) is 4.79 Å². The van der Waals surface area contributed by atoms with Gasteiger partial charge in [0.2, 0.25) is 0 Å². The zero-order valence-corrected chi connectivity index (χ0v) is 11.3. The molecule has 0 saturated carbocycles. The summed E-state index contributed by atoms with van der Waals surface area (Å²) in [5, 5.41) is 3.01. The minimum absolute atomic E-state index is 0.0434. The molecule has 1 N–H and O–H groups in total. The molecule has 2 rings (SSSR count). The highest BCUT2D eigenvalue weighted by Gasteiger charge is 2.15. The maximum atomic E-state index is 12.2. The van der Waals surface area contributed by atoms with Gasteiger partial charge >= 0.3 is 6.03 Å². The summed E-state index contributed by atoms with van der Waals surface area (Å²) in [6.45, 7) is 5.87. The average molecular weight is 246 g/mol. The average Bonchev–Trinajstić information content (AvgIpc) is 2.55. The van der Waals surface area contributed by atoms with Crippen LogP contribution in [-0.2, 0) is 0 Å². The van der Waals surface area contributed by atoms with Gasteiger partial charge in [-0.1, -0.05) is 18.9 Å². The molecule has 0 spiro atoms. The Balaban J connectivity index is 2.01. The molecule has 2 amide bonds. The molecule has 1 aromatic rings. The highest BCUT2D eigenvalue weighted by molar-refractivity contribution is 5.89. The van der Waals surface area contributed by atoms with Crippen LogP contribution in [0.3, 0.4) is 0 Å². The van der Waals surface area contributed by atoms with Crippen molar-refractivity contribution < 1.29 is 4.79 Å². The van der Waals surface area contributed by atoms with Crippen LogP contribution in [0.2, 0.25) is 0 Å². The van der Waals surface area contributed by atoms with Crippen LogP contribution in [-0.4, -0.2) is 24.0 Å². The normalized spacial score (nSPS) is 16.2. The Morgan fingerprint density at radius 3 is 2.11 bits per heavy atom. The van der Waals surface area contributed by atoms with E-state index in [-0.39, 0.29) is 6.03 Å². The minimum atomic E-state index is 0.0434. The quantitative estimate of drug-likeness (QED) is 0.805. The van der Waals surface area contributed by atoms with E-state index in [9.17, 15) is 4.79 Å². The molecular weight excluding hydrogens is 224 g/mol. The molecule has 18 heavy (non-hydrogen) atoms. The molecule has 0 atom stereocenters. The molecule has 0 aliphatic carbocycles. The third-order valence-corrected chi connectivity index (χ3v) is 3.37. The van der Waals surface area contributed by atoms with E-state index in [1.165, 1.54) is 24.0 Å². The van der Waals surface area contributed by atoms with Gasteiger partial charge in [-0.15, -0.1) is 0 Å². The van der Waals surface area contributed by atoms with Gasteiger partial charge < -0.3 is 10.2 Å². The molecule has 0 aromatic heterocycles. The predicted octanol–water partition coefficient (Wildman–Crippen LogP) is 3.71. The SMILES string of the molecule is Cc1cc(C)cc(NC(=O)N2CCCCCC2)c1. The van der Waals surface area contributed by atoms with Crippen molar-refractivity contribution in [2.24, 2.45) is 0 Å². The van der Waals surface area contributed by atoms with E-state index in [0.717, 1.165) is 31.6 Å². The summed E-state index contributed by atoms with van der Waals surface area (Å²) in [5.74, 6) is 0.